The summed E-state index contributed by atoms with van der Waals surface area (Å²) < 4.78 is 45.5. The van der Waals surface area contributed by atoms with Gasteiger partial charge in [0, 0.05) is 25.0 Å². The Morgan fingerprint density at radius 3 is 2.61 bits per heavy atom. The number of alkyl halides is 3. The molecule has 31 heavy (non-hydrogen) atoms. The van der Waals surface area contributed by atoms with Crippen LogP contribution in [0.4, 0.5) is 18.9 Å². The zero-order valence-electron chi connectivity index (χ0n) is 17.3. The molecule has 0 saturated heterocycles. The molecule has 5 rings (SSSR count). The molecular weight excluding hydrogens is 409 g/mol. The van der Waals surface area contributed by atoms with Crippen LogP contribution in [-0.2, 0) is 6.18 Å². The number of carbonyl (C=O) groups excluding carboxylic acids is 1. The summed E-state index contributed by atoms with van der Waals surface area (Å²) in [6.07, 6.45) is 2.50. The Morgan fingerprint density at radius 2 is 1.94 bits per heavy atom. The number of nitrogens with zero attached hydrogens (tertiary/aromatic N) is 1. The van der Waals surface area contributed by atoms with E-state index >= 15 is 0 Å². The van der Waals surface area contributed by atoms with Crippen molar-refractivity contribution in [3.63, 3.8) is 0 Å². The molecule has 1 aromatic heterocycles. The molecule has 2 heterocycles. The van der Waals surface area contributed by atoms with E-state index < -0.39 is 17.3 Å². The van der Waals surface area contributed by atoms with E-state index in [1.54, 1.807) is 0 Å². The van der Waals surface area contributed by atoms with Crippen molar-refractivity contribution < 1.29 is 27.5 Å². The molecule has 2 fully saturated rings. The SMILES string of the molecule is O=C1NCCN(CCC2CCC(C3(O)CC3)CC2)c2c1oc1ccc(C(F)(F)F)cc21. The fourth-order valence-corrected chi connectivity index (χ4v) is 5.31. The topological polar surface area (TPSA) is 65.7 Å². The predicted molar refractivity (Wildman–Crippen MR) is 110 cm³/mol. The van der Waals surface area contributed by atoms with Gasteiger partial charge in [0.05, 0.1) is 16.9 Å². The Bertz CT molecular complexity index is 988. The van der Waals surface area contributed by atoms with Crippen molar-refractivity contribution in [3.05, 3.63) is 29.5 Å². The van der Waals surface area contributed by atoms with Gasteiger partial charge < -0.3 is 19.7 Å². The van der Waals surface area contributed by atoms with Gasteiger partial charge in [-0.3, -0.25) is 4.79 Å². The molecule has 2 aliphatic carbocycles. The van der Waals surface area contributed by atoms with Gasteiger partial charge in [-0.25, -0.2) is 0 Å². The van der Waals surface area contributed by atoms with Gasteiger partial charge in [-0.15, -0.1) is 0 Å². The summed E-state index contributed by atoms with van der Waals surface area (Å²) in [5, 5.41) is 13.5. The lowest BCUT2D eigenvalue weighted by molar-refractivity contribution is -0.137. The van der Waals surface area contributed by atoms with Crippen molar-refractivity contribution in [2.75, 3.05) is 24.5 Å². The van der Waals surface area contributed by atoms with E-state index in [1.807, 2.05) is 4.90 Å². The number of fused-ring (bicyclic) bond motifs is 3. The molecule has 0 spiro atoms. The first-order chi connectivity index (χ1) is 14.7. The number of halogens is 3. The first-order valence-corrected chi connectivity index (χ1v) is 11.1. The highest BCUT2D eigenvalue weighted by atomic mass is 19.4. The summed E-state index contributed by atoms with van der Waals surface area (Å²) in [6, 6.07) is 3.37. The number of carbonyl (C=O) groups is 1. The number of hydrogen-bond donors (Lipinski definition) is 2. The van der Waals surface area contributed by atoms with Gasteiger partial charge in [0.2, 0.25) is 5.76 Å². The van der Waals surface area contributed by atoms with Crippen molar-refractivity contribution in [3.8, 4) is 0 Å². The van der Waals surface area contributed by atoms with Crippen molar-refractivity contribution in [1.82, 2.24) is 5.32 Å². The summed E-state index contributed by atoms with van der Waals surface area (Å²) in [7, 11) is 0. The van der Waals surface area contributed by atoms with Crippen LogP contribution in [0.1, 0.15) is 61.1 Å². The highest BCUT2D eigenvalue weighted by Gasteiger charge is 2.48. The third-order valence-corrected chi connectivity index (χ3v) is 7.36. The molecule has 0 bridgehead atoms. The average Bonchev–Trinajstić information content (AvgIpc) is 3.41. The molecule has 1 aliphatic heterocycles. The largest absolute Gasteiger partial charge is 0.449 e. The fourth-order valence-electron chi connectivity index (χ4n) is 5.31. The zero-order chi connectivity index (χ0) is 21.8. The zero-order valence-corrected chi connectivity index (χ0v) is 17.3. The predicted octanol–water partition coefficient (Wildman–Crippen LogP) is 4.72. The number of benzene rings is 1. The van der Waals surface area contributed by atoms with Gasteiger partial charge in [-0.1, -0.05) is 12.8 Å². The quantitative estimate of drug-likeness (QED) is 0.728. The van der Waals surface area contributed by atoms with E-state index in [-0.39, 0.29) is 11.7 Å². The molecule has 2 saturated carbocycles. The smallest absolute Gasteiger partial charge is 0.416 e. The van der Waals surface area contributed by atoms with Crippen molar-refractivity contribution in [1.29, 1.82) is 0 Å². The number of hydrogen-bond acceptors (Lipinski definition) is 4. The van der Waals surface area contributed by atoms with Crippen LogP contribution in [-0.4, -0.2) is 36.2 Å². The molecule has 0 unspecified atom stereocenters. The van der Waals surface area contributed by atoms with Gasteiger partial charge in [0.15, 0.2) is 0 Å². The minimum Gasteiger partial charge on any atom is -0.449 e. The van der Waals surface area contributed by atoms with E-state index in [0.29, 0.717) is 48.1 Å². The molecule has 0 radical (unpaired) electrons. The Labute approximate surface area is 178 Å². The molecule has 0 atom stereocenters. The molecule has 8 heteroatoms. The normalized spacial score (nSPS) is 25.8. The molecule has 2 N–H and O–H groups in total. The van der Waals surface area contributed by atoms with Crippen LogP contribution in [0.2, 0.25) is 0 Å². The maximum Gasteiger partial charge on any atom is 0.416 e. The lowest BCUT2D eigenvalue weighted by Crippen LogP contribution is -2.33. The number of nitrogens with one attached hydrogen (secondary N) is 1. The van der Waals surface area contributed by atoms with Crippen LogP contribution in [0.15, 0.2) is 22.6 Å². The number of furan rings is 1. The van der Waals surface area contributed by atoms with E-state index in [2.05, 4.69) is 5.32 Å². The van der Waals surface area contributed by atoms with Crippen molar-refractivity contribution in [2.24, 2.45) is 11.8 Å². The highest BCUT2D eigenvalue weighted by molar-refractivity contribution is 6.07. The second kappa shape index (κ2) is 7.43. The van der Waals surface area contributed by atoms with Crippen LogP contribution in [0.3, 0.4) is 0 Å². The summed E-state index contributed by atoms with van der Waals surface area (Å²) in [6.45, 7) is 1.61. The minimum absolute atomic E-state index is 0.0893. The van der Waals surface area contributed by atoms with Gasteiger partial charge in [-0.05, 0) is 62.1 Å². The minimum atomic E-state index is -4.46. The van der Waals surface area contributed by atoms with Crippen LogP contribution >= 0.6 is 0 Å². The average molecular weight is 436 g/mol. The lowest BCUT2D eigenvalue weighted by Gasteiger charge is -2.33. The Kier molecular flexibility index (Phi) is 4.95. The van der Waals surface area contributed by atoms with Gasteiger partial charge in [-0.2, -0.15) is 13.2 Å². The van der Waals surface area contributed by atoms with E-state index in [9.17, 15) is 23.1 Å². The van der Waals surface area contributed by atoms with Gasteiger partial charge >= 0.3 is 6.18 Å². The summed E-state index contributed by atoms with van der Waals surface area (Å²) in [5.74, 6) is 0.638. The monoisotopic (exact) mass is 436 g/mol. The van der Waals surface area contributed by atoms with Crippen molar-refractivity contribution in [2.45, 2.75) is 56.7 Å². The maximum atomic E-state index is 13.3. The molecular formula is C23H27F3N2O3. The highest BCUT2D eigenvalue weighted by Crippen LogP contribution is 2.49. The number of aliphatic hydroxyl groups is 1. The Hall–Kier alpha value is -2.22. The molecule has 168 valence electrons. The molecule has 3 aliphatic rings. The number of amides is 1. The molecule has 1 amide bonds. The van der Waals surface area contributed by atoms with Crippen LogP contribution in [0, 0.1) is 11.8 Å². The Balaban J connectivity index is 1.36. The number of rotatable bonds is 4. The second-order valence-corrected chi connectivity index (χ2v) is 9.34. The Morgan fingerprint density at radius 1 is 1.19 bits per heavy atom. The second-order valence-electron chi connectivity index (χ2n) is 9.34. The molecule has 5 nitrogen and oxygen atoms in total. The molecule has 1 aromatic carbocycles. The van der Waals surface area contributed by atoms with Crippen LogP contribution in [0.25, 0.3) is 11.0 Å². The van der Waals surface area contributed by atoms with Crippen molar-refractivity contribution >= 4 is 22.6 Å². The third-order valence-electron chi connectivity index (χ3n) is 7.36. The summed E-state index contributed by atoms with van der Waals surface area (Å²) in [5.41, 5.74) is -0.400. The first kappa shape index (κ1) is 20.7. The van der Waals surface area contributed by atoms with Gasteiger partial charge in [0.25, 0.3) is 5.91 Å². The van der Waals surface area contributed by atoms with Crippen LogP contribution in [0.5, 0.6) is 0 Å². The van der Waals surface area contributed by atoms with E-state index in [4.69, 9.17) is 4.42 Å². The lowest BCUT2D eigenvalue weighted by atomic mass is 9.77. The maximum absolute atomic E-state index is 13.3. The number of anilines is 1. The van der Waals surface area contributed by atoms with E-state index in [1.165, 1.54) is 6.07 Å². The van der Waals surface area contributed by atoms with Gasteiger partial charge in [0.1, 0.15) is 5.58 Å². The summed E-state index contributed by atoms with van der Waals surface area (Å²) >= 11 is 0. The van der Waals surface area contributed by atoms with Crippen LogP contribution < -0.4 is 10.2 Å². The third kappa shape index (κ3) is 3.90. The standard InChI is InChI=1S/C23H27F3N2O3/c24-23(25,26)16-5-6-18-17(13-16)19-20(31-18)21(29)27-10-12-28(19)11-7-14-1-3-15(4-2-14)22(30)8-9-22/h5-6,13-15,30H,1-4,7-12H2,(H,27,29). The van der Waals surface area contributed by atoms with E-state index in [0.717, 1.165) is 57.1 Å². The fraction of sp³-hybridized carbons (Fsp3) is 0.609. The molecule has 2 aromatic rings. The summed E-state index contributed by atoms with van der Waals surface area (Å²) in [4.78, 5) is 14.5. The first-order valence-electron chi connectivity index (χ1n) is 11.1.